The first-order valence-corrected chi connectivity index (χ1v) is 3.75. The van der Waals surface area contributed by atoms with Crippen molar-refractivity contribution < 1.29 is 14.9 Å². The van der Waals surface area contributed by atoms with Crippen molar-refractivity contribution in [3.05, 3.63) is 23.3 Å². The van der Waals surface area contributed by atoms with Gasteiger partial charge in [0.25, 0.3) is 0 Å². The van der Waals surface area contributed by atoms with Crippen molar-refractivity contribution in [1.82, 2.24) is 4.98 Å². The lowest BCUT2D eigenvalue weighted by Gasteiger charge is -2.00. The lowest BCUT2D eigenvalue weighted by atomic mass is 10.0. The smallest absolute Gasteiger partial charge is 0.197 e. The van der Waals surface area contributed by atoms with Crippen molar-refractivity contribution in [3.63, 3.8) is 0 Å². The van der Waals surface area contributed by atoms with Gasteiger partial charge < -0.3 is 14.9 Å². The van der Waals surface area contributed by atoms with Crippen molar-refractivity contribution in [3.8, 4) is 11.8 Å². The number of hydrogen-bond donors (Lipinski definition) is 3. The maximum atomic E-state index is 9.34. The molecule has 2 atom stereocenters. The molecule has 0 amide bonds. The number of nitrogens with one attached hydrogen (secondary N) is 1. The van der Waals surface area contributed by atoms with Crippen LogP contribution in [-0.4, -0.2) is 15.2 Å². The van der Waals surface area contributed by atoms with Gasteiger partial charge in [0.2, 0.25) is 0 Å². The average molecular weight is 165 g/mol. The zero-order valence-electron chi connectivity index (χ0n) is 6.11. The SMILES string of the molecule is Oc1[nH]c(O)c2c1[C@@H]1C=C[C@H]2O1. The van der Waals surface area contributed by atoms with Crippen LogP contribution in [0.15, 0.2) is 12.2 Å². The summed E-state index contributed by atoms with van der Waals surface area (Å²) in [6.07, 6.45) is 3.39. The van der Waals surface area contributed by atoms with Crippen molar-refractivity contribution in [2.45, 2.75) is 12.2 Å². The van der Waals surface area contributed by atoms with Crippen molar-refractivity contribution in [2.75, 3.05) is 0 Å². The van der Waals surface area contributed by atoms with Crippen LogP contribution in [0.5, 0.6) is 11.8 Å². The number of aromatic nitrogens is 1. The highest BCUT2D eigenvalue weighted by molar-refractivity contribution is 5.54. The lowest BCUT2D eigenvalue weighted by Crippen LogP contribution is -1.87. The van der Waals surface area contributed by atoms with E-state index >= 15 is 0 Å². The third kappa shape index (κ3) is 0.494. The quantitative estimate of drug-likeness (QED) is 0.504. The molecule has 3 N–H and O–H groups in total. The van der Waals surface area contributed by atoms with E-state index in [9.17, 15) is 10.2 Å². The summed E-state index contributed by atoms with van der Waals surface area (Å²) >= 11 is 0. The van der Waals surface area contributed by atoms with Gasteiger partial charge in [0.1, 0.15) is 12.2 Å². The van der Waals surface area contributed by atoms with Gasteiger partial charge in [-0.1, -0.05) is 12.2 Å². The van der Waals surface area contributed by atoms with E-state index in [4.69, 9.17) is 4.74 Å². The number of hydrogen-bond acceptors (Lipinski definition) is 3. The second-order valence-electron chi connectivity index (χ2n) is 3.01. The molecule has 62 valence electrons. The molecule has 0 radical (unpaired) electrons. The van der Waals surface area contributed by atoms with Gasteiger partial charge in [0.15, 0.2) is 11.8 Å². The van der Waals surface area contributed by atoms with Crippen LogP contribution in [0.1, 0.15) is 23.3 Å². The molecule has 3 rings (SSSR count). The summed E-state index contributed by atoms with van der Waals surface area (Å²) in [5.74, 6) is 0.0266. The van der Waals surface area contributed by atoms with Crippen LogP contribution in [0.25, 0.3) is 0 Å². The molecule has 0 unspecified atom stereocenters. The summed E-state index contributed by atoms with van der Waals surface area (Å²) in [7, 11) is 0. The van der Waals surface area contributed by atoms with E-state index < -0.39 is 0 Å². The van der Waals surface area contributed by atoms with Gasteiger partial charge in [-0.25, -0.2) is 0 Å². The van der Waals surface area contributed by atoms with E-state index in [2.05, 4.69) is 4.98 Å². The normalized spacial score (nSPS) is 29.7. The summed E-state index contributed by atoms with van der Waals surface area (Å²) < 4.78 is 5.39. The fourth-order valence-electron chi connectivity index (χ4n) is 1.86. The minimum Gasteiger partial charge on any atom is -0.494 e. The standard InChI is InChI=1S/C8H7NO3/c10-7-5-3-1-2-4(12-3)6(5)8(11)9-7/h1-4,9-11H/t3-,4+. The first-order valence-electron chi connectivity index (χ1n) is 3.75. The number of fused-ring (bicyclic) bond motifs is 5. The Labute approximate surface area is 68.1 Å². The Hall–Kier alpha value is -1.42. The lowest BCUT2D eigenvalue weighted by molar-refractivity contribution is 0.0847. The Kier molecular flexibility index (Phi) is 0.851. The molecule has 0 aliphatic carbocycles. The van der Waals surface area contributed by atoms with E-state index in [1.165, 1.54) is 0 Å². The Morgan fingerprint density at radius 1 is 1.08 bits per heavy atom. The molecule has 3 heterocycles. The van der Waals surface area contributed by atoms with Crippen molar-refractivity contribution in [2.24, 2.45) is 0 Å². The Morgan fingerprint density at radius 3 is 2.08 bits per heavy atom. The minimum absolute atomic E-state index is 0.0133. The molecule has 0 spiro atoms. The summed E-state index contributed by atoms with van der Waals surface area (Å²) in [6.45, 7) is 0. The van der Waals surface area contributed by atoms with E-state index in [0.717, 1.165) is 0 Å². The molecule has 2 aliphatic heterocycles. The van der Waals surface area contributed by atoms with Gasteiger partial charge >= 0.3 is 0 Å². The van der Waals surface area contributed by atoms with Gasteiger partial charge in [-0.3, -0.25) is 4.98 Å². The molecule has 2 aliphatic rings. The molecule has 0 saturated heterocycles. The van der Waals surface area contributed by atoms with Crippen LogP contribution in [0.3, 0.4) is 0 Å². The number of ether oxygens (including phenoxy) is 1. The van der Waals surface area contributed by atoms with Crippen LogP contribution in [0, 0.1) is 0 Å². The highest BCUT2D eigenvalue weighted by atomic mass is 16.5. The van der Waals surface area contributed by atoms with E-state index in [-0.39, 0.29) is 24.0 Å². The fraction of sp³-hybridized carbons (Fsp3) is 0.250. The van der Waals surface area contributed by atoms with Crippen LogP contribution >= 0.6 is 0 Å². The second kappa shape index (κ2) is 1.67. The Morgan fingerprint density at radius 2 is 1.58 bits per heavy atom. The summed E-state index contributed by atoms with van der Waals surface area (Å²) in [6, 6.07) is 0. The highest BCUT2D eigenvalue weighted by Crippen LogP contribution is 2.52. The van der Waals surface area contributed by atoms with Gasteiger partial charge in [-0.05, 0) is 0 Å². The van der Waals surface area contributed by atoms with Gasteiger partial charge in [0, 0.05) is 0 Å². The number of aromatic amines is 1. The zero-order chi connectivity index (χ0) is 8.29. The van der Waals surface area contributed by atoms with Gasteiger partial charge in [0.05, 0.1) is 11.1 Å². The number of aromatic hydroxyl groups is 2. The molecule has 0 fully saturated rings. The zero-order valence-corrected chi connectivity index (χ0v) is 6.11. The van der Waals surface area contributed by atoms with Gasteiger partial charge in [-0.2, -0.15) is 0 Å². The predicted molar refractivity (Wildman–Crippen MR) is 39.8 cm³/mol. The Balaban J connectivity index is 2.31. The topological polar surface area (TPSA) is 65.5 Å². The van der Waals surface area contributed by atoms with E-state index in [0.29, 0.717) is 11.1 Å². The first-order chi connectivity index (χ1) is 5.77. The minimum atomic E-state index is -0.179. The van der Waals surface area contributed by atoms with E-state index in [1.54, 1.807) is 0 Å². The maximum Gasteiger partial charge on any atom is 0.197 e. The Bertz CT molecular complexity index is 347. The third-order valence-corrected chi connectivity index (χ3v) is 2.36. The first kappa shape index (κ1) is 6.14. The van der Waals surface area contributed by atoms with Crippen LogP contribution in [0.4, 0.5) is 0 Å². The molecule has 12 heavy (non-hydrogen) atoms. The second-order valence-corrected chi connectivity index (χ2v) is 3.01. The average Bonchev–Trinajstić information content (AvgIpc) is 2.64. The summed E-state index contributed by atoms with van der Waals surface area (Å²) in [4.78, 5) is 2.47. The summed E-state index contributed by atoms with van der Waals surface area (Å²) in [5, 5.41) is 18.7. The van der Waals surface area contributed by atoms with Crippen molar-refractivity contribution >= 4 is 0 Å². The molecule has 0 aromatic carbocycles. The largest absolute Gasteiger partial charge is 0.494 e. The molecule has 1 aromatic heterocycles. The molecule has 1 aromatic rings. The number of H-pyrrole nitrogens is 1. The van der Waals surface area contributed by atoms with Crippen LogP contribution < -0.4 is 0 Å². The molecular formula is C8H7NO3. The predicted octanol–water partition coefficient (Wildman–Crippen LogP) is 1.11. The van der Waals surface area contributed by atoms with Gasteiger partial charge in [-0.15, -0.1) is 0 Å². The maximum absolute atomic E-state index is 9.34. The third-order valence-electron chi connectivity index (χ3n) is 2.36. The van der Waals surface area contributed by atoms with Crippen molar-refractivity contribution in [1.29, 1.82) is 0 Å². The molecule has 0 saturated carbocycles. The highest BCUT2D eigenvalue weighted by Gasteiger charge is 2.40. The molecular weight excluding hydrogens is 158 g/mol. The van der Waals surface area contributed by atoms with E-state index in [1.807, 2.05) is 12.2 Å². The fourth-order valence-corrected chi connectivity index (χ4v) is 1.86. The van der Waals surface area contributed by atoms with Crippen LogP contribution in [-0.2, 0) is 4.74 Å². The monoisotopic (exact) mass is 165 g/mol. The number of rotatable bonds is 0. The van der Waals surface area contributed by atoms with Crippen LogP contribution in [0.2, 0.25) is 0 Å². The summed E-state index contributed by atoms with van der Waals surface area (Å²) in [5.41, 5.74) is 1.36. The molecule has 4 heteroatoms. The molecule has 4 nitrogen and oxygen atoms in total. The molecule has 2 bridgehead atoms.